The first kappa shape index (κ1) is 19.4. The summed E-state index contributed by atoms with van der Waals surface area (Å²) >= 11 is 0. The molecule has 2 heterocycles. The summed E-state index contributed by atoms with van der Waals surface area (Å²) in [4.78, 5) is 5.41. The van der Waals surface area contributed by atoms with Gasteiger partial charge in [0.05, 0.1) is 18.7 Å². The van der Waals surface area contributed by atoms with Crippen LogP contribution in [-0.2, 0) is 9.57 Å². The Labute approximate surface area is 171 Å². The van der Waals surface area contributed by atoms with E-state index in [1.807, 2.05) is 24.3 Å². The zero-order valence-electron chi connectivity index (χ0n) is 17.1. The smallest absolute Gasteiger partial charge is 0.161 e. The fourth-order valence-electron chi connectivity index (χ4n) is 4.27. The molecule has 0 aromatic heterocycles. The van der Waals surface area contributed by atoms with E-state index in [9.17, 15) is 5.11 Å². The standard InChI is InChI=1S/C23H27NO5/c1-4-5-16-14(2)22(18(25)13-20(16)26-3)23-17(8-9-29-24-23)15-6-7-19-21(12-15)28-11-10-27-19/h6-8,12-14,22,25H,4-5,9-11H2,1-3H3. The Morgan fingerprint density at radius 3 is 2.76 bits per heavy atom. The molecule has 1 aromatic rings. The number of nitrogens with zero attached hydrogens (tertiary/aromatic N) is 1. The molecule has 0 radical (unpaired) electrons. The van der Waals surface area contributed by atoms with Crippen molar-refractivity contribution in [1.29, 1.82) is 0 Å². The highest BCUT2D eigenvalue weighted by molar-refractivity contribution is 6.26. The van der Waals surface area contributed by atoms with Crippen molar-refractivity contribution in [2.45, 2.75) is 26.7 Å². The third-order valence-electron chi connectivity index (χ3n) is 5.65. The van der Waals surface area contributed by atoms with Gasteiger partial charge >= 0.3 is 0 Å². The monoisotopic (exact) mass is 397 g/mol. The van der Waals surface area contributed by atoms with Crippen LogP contribution in [0.25, 0.3) is 5.57 Å². The number of hydrogen-bond acceptors (Lipinski definition) is 6. The molecular weight excluding hydrogens is 370 g/mol. The number of aliphatic hydroxyl groups is 1. The van der Waals surface area contributed by atoms with Gasteiger partial charge in [0.25, 0.3) is 0 Å². The van der Waals surface area contributed by atoms with Crippen molar-refractivity contribution < 1.29 is 24.2 Å². The maximum absolute atomic E-state index is 10.9. The largest absolute Gasteiger partial charge is 0.511 e. The van der Waals surface area contributed by atoms with E-state index >= 15 is 0 Å². The molecule has 2 unspecified atom stereocenters. The average Bonchev–Trinajstić information content (AvgIpc) is 2.75. The van der Waals surface area contributed by atoms with Crippen molar-refractivity contribution in [2.24, 2.45) is 17.0 Å². The lowest BCUT2D eigenvalue weighted by atomic mass is 9.74. The van der Waals surface area contributed by atoms with E-state index in [0.29, 0.717) is 19.8 Å². The Morgan fingerprint density at radius 1 is 1.21 bits per heavy atom. The molecule has 0 saturated carbocycles. The maximum Gasteiger partial charge on any atom is 0.161 e. The minimum absolute atomic E-state index is 0.0379. The van der Waals surface area contributed by atoms with Crippen molar-refractivity contribution in [3.8, 4) is 11.5 Å². The molecule has 0 spiro atoms. The fraction of sp³-hybridized carbons (Fsp3) is 0.435. The Balaban J connectivity index is 1.70. The van der Waals surface area contributed by atoms with Gasteiger partial charge in [-0.3, -0.25) is 0 Å². The third-order valence-corrected chi connectivity index (χ3v) is 5.65. The third kappa shape index (κ3) is 3.59. The lowest BCUT2D eigenvalue weighted by Crippen LogP contribution is -2.31. The van der Waals surface area contributed by atoms with Crippen molar-refractivity contribution in [2.75, 3.05) is 26.9 Å². The Morgan fingerprint density at radius 2 is 2.00 bits per heavy atom. The molecule has 6 nitrogen and oxygen atoms in total. The van der Waals surface area contributed by atoms with Gasteiger partial charge in [0.2, 0.25) is 0 Å². The summed E-state index contributed by atoms with van der Waals surface area (Å²) in [5.41, 5.74) is 3.82. The van der Waals surface area contributed by atoms with Gasteiger partial charge in [-0.1, -0.05) is 31.5 Å². The van der Waals surface area contributed by atoms with E-state index in [1.165, 1.54) is 5.57 Å². The Hall–Kier alpha value is -2.89. The summed E-state index contributed by atoms with van der Waals surface area (Å²) in [6, 6.07) is 5.89. The number of benzene rings is 1. The van der Waals surface area contributed by atoms with E-state index in [1.54, 1.807) is 13.2 Å². The van der Waals surface area contributed by atoms with Gasteiger partial charge in [-0.15, -0.1) is 0 Å². The number of aliphatic hydroxyl groups excluding tert-OH is 1. The summed E-state index contributed by atoms with van der Waals surface area (Å²) in [7, 11) is 1.64. The van der Waals surface area contributed by atoms with Crippen molar-refractivity contribution in [3.05, 3.63) is 53.0 Å². The highest BCUT2D eigenvalue weighted by Crippen LogP contribution is 2.41. The van der Waals surface area contributed by atoms with Crippen LogP contribution in [-0.4, -0.2) is 37.7 Å². The van der Waals surface area contributed by atoms with Crippen LogP contribution in [0.3, 0.4) is 0 Å². The first-order valence-corrected chi connectivity index (χ1v) is 10.1. The summed E-state index contributed by atoms with van der Waals surface area (Å²) in [5.74, 6) is 2.20. The molecule has 0 amide bonds. The number of hydrogen-bond donors (Lipinski definition) is 1. The zero-order valence-corrected chi connectivity index (χ0v) is 17.1. The van der Waals surface area contributed by atoms with Crippen molar-refractivity contribution in [3.63, 3.8) is 0 Å². The van der Waals surface area contributed by atoms with Gasteiger partial charge in [0, 0.05) is 11.6 Å². The van der Waals surface area contributed by atoms with E-state index < -0.39 is 0 Å². The quantitative estimate of drug-likeness (QED) is 0.784. The number of oxime groups is 1. The van der Waals surface area contributed by atoms with Gasteiger partial charge in [-0.05, 0) is 41.7 Å². The Bertz CT molecular complexity index is 912. The minimum Gasteiger partial charge on any atom is -0.511 e. The van der Waals surface area contributed by atoms with Gasteiger partial charge in [0.15, 0.2) is 11.5 Å². The first-order valence-electron chi connectivity index (χ1n) is 10.1. The number of methoxy groups -OCH3 is 1. The first-order chi connectivity index (χ1) is 14.1. The second kappa shape index (κ2) is 8.23. The van der Waals surface area contributed by atoms with Crippen LogP contribution in [0.4, 0.5) is 0 Å². The van der Waals surface area contributed by atoms with Crippen LogP contribution >= 0.6 is 0 Å². The van der Waals surface area contributed by atoms with E-state index in [4.69, 9.17) is 19.0 Å². The van der Waals surface area contributed by atoms with E-state index in [0.717, 1.165) is 46.9 Å². The molecule has 2 aliphatic heterocycles. The molecule has 2 atom stereocenters. The number of ether oxygens (including phenoxy) is 3. The van der Waals surface area contributed by atoms with Gasteiger partial charge in [0.1, 0.15) is 31.3 Å². The van der Waals surface area contributed by atoms with Crippen LogP contribution < -0.4 is 9.47 Å². The summed E-state index contributed by atoms with van der Waals surface area (Å²) in [5, 5.41) is 15.3. The molecular formula is C23H27NO5. The molecule has 1 N–H and O–H groups in total. The number of fused-ring (bicyclic) bond motifs is 1. The van der Waals surface area contributed by atoms with Gasteiger partial charge < -0.3 is 24.2 Å². The summed E-state index contributed by atoms with van der Waals surface area (Å²) < 4.78 is 16.9. The zero-order chi connectivity index (χ0) is 20.4. The van der Waals surface area contributed by atoms with Crippen LogP contribution in [0.2, 0.25) is 0 Å². The van der Waals surface area contributed by atoms with Gasteiger partial charge in [-0.2, -0.15) is 0 Å². The maximum atomic E-state index is 10.9. The molecule has 0 saturated heterocycles. The highest BCUT2D eigenvalue weighted by Gasteiger charge is 2.37. The van der Waals surface area contributed by atoms with Crippen LogP contribution in [0.15, 0.2) is 52.6 Å². The molecule has 3 aliphatic rings. The molecule has 4 rings (SSSR count). The molecule has 154 valence electrons. The van der Waals surface area contributed by atoms with Crippen molar-refractivity contribution >= 4 is 11.3 Å². The summed E-state index contributed by atoms with van der Waals surface area (Å²) in [6.07, 6.45) is 5.63. The summed E-state index contributed by atoms with van der Waals surface area (Å²) in [6.45, 7) is 5.73. The average molecular weight is 397 g/mol. The normalized spacial score (nSPS) is 23.6. The van der Waals surface area contributed by atoms with Crippen LogP contribution in [0.5, 0.6) is 11.5 Å². The van der Waals surface area contributed by atoms with E-state index in [2.05, 4.69) is 19.0 Å². The minimum atomic E-state index is -0.296. The molecule has 29 heavy (non-hydrogen) atoms. The number of rotatable bonds is 5. The van der Waals surface area contributed by atoms with Crippen LogP contribution in [0.1, 0.15) is 32.3 Å². The second-order valence-electron chi connectivity index (χ2n) is 7.43. The lowest BCUT2D eigenvalue weighted by Gasteiger charge is -2.33. The van der Waals surface area contributed by atoms with E-state index in [-0.39, 0.29) is 17.6 Å². The SMILES string of the molecule is CCCC1=C(OC)C=C(O)C(C2=NOCC=C2c2ccc3c(c2)OCCO3)C1C. The molecule has 6 heteroatoms. The topological polar surface area (TPSA) is 69.5 Å². The predicted octanol–water partition coefficient (Wildman–Crippen LogP) is 4.64. The molecule has 0 fully saturated rings. The van der Waals surface area contributed by atoms with Crippen molar-refractivity contribution in [1.82, 2.24) is 0 Å². The molecule has 0 bridgehead atoms. The predicted molar refractivity (Wildman–Crippen MR) is 111 cm³/mol. The lowest BCUT2D eigenvalue weighted by molar-refractivity contribution is 0.168. The molecule has 1 aliphatic carbocycles. The molecule has 1 aromatic carbocycles. The Kier molecular flexibility index (Phi) is 5.51. The number of allylic oxidation sites excluding steroid dienone is 4. The highest BCUT2D eigenvalue weighted by atomic mass is 16.6. The van der Waals surface area contributed by atoms with Crippen LogP contribution in [0, 0.1) is 11.8 Å². The second-order valence-corrected chi connectivity index (χ2v) is 7.43. The fourth-order valence-corrected chi connectivity index (χ4v) is 4.27. The van der Waals surface area contributed by atoms with Gasteiger partial charge in [-0.25, -0.2) is 0 Å².